The zero-order valence-electron chi connectivity index (χ0n) is 27.8. The quantitative estimate of drug-likeness (QED) is 0.108. The van der Waals surface area contributed by atoms with Gasteiger partial charge in [-0.3, -0.25) is 14.2 Å². The van der Waals surface area contributed by atoms with Gasteiger partial charge in [-0.05, 0) is 44.4 Å². The Balaban J connectivity index is 1.36. The van der Waals surface area contributed by atoms with E-state index in [2.05, 4.69) is 30.4 Å². The van der Waals surface area contributed by atoms with Gasteiger partial charge in [-0.25, -0.2) is 15.2 Å². The van der Waals surface area contributed by atoms with E-state index in [-0.39, 0.29) is 36.7 Å². The maximum absolute atomic E-state index is 14.4. The van der Waals surface area contributed by atoms with Crippen molar-refractivity contribution in [2.45, 2.75) is 108 Å². The monoisotopic (exact) mass is 682 g/mol. The Kier molecular flexibility index (Phi) is 9.92. The van der Waals surface area contributed by atoms with E-state index in [0.717, 1.165) is 12.8 Å². The van der Waals surface area contributed by atoms with E-state index in [1.165, 1.54) is 20.5 Å². The molecule has 2 saturated carbocycles. The molecule has 262 valence electrons. The van der Waals surface area contributed by atoms with Crippen LogP contribution < -0.4 is 21.2 Å². The Labute approximate surface area is 273 Å². The molecule has 7 atom stereocenters. The Morgan fingerprint density at radius 3 is 2.15 bits per heavy atom. The van der Waals surface area contributed by atoms with E-state index in [9.17, 15) is 24.4 Å². The number of rotatable bonds is 16. The standard InChI is InChI=1S/C29H47N8O9P/c1-14(2)10-17(24(39)43-6)35-47(42,36-18(11-15(3)4)25(40)44-7)45-12-19-21(38)29(41)26(28(29,5)46-19)37-13-31-20-22(32-16-8-9-16)33-27(30)34-23(20)37/h13-19,21,26,38,41H,8-12H2,1-7H3,(H2,35,36,42)(H3,30,32,33,34)/t17?,18?,19-,21?,26-,28?,29?,47?/m1/s1. The van der Waals surface area contributed by atoms with Crippen molar-refractivity contribution < 1.29 is 43.1 Å². The molecule has 17 nitrogen and oxygen atoms in total. The first-order valence-corrected chi connectivity index (χ1v) is 17.5. The van der Waals surface area contributed by atoms with Crippen LogP contribution in [0.5, 0.6) is 0 Å². The Hall–Kier alpha value is -2.92. The average molecular weight is 683 g/mol. The molecular formula is C29H47N8O9P. The first kappa shape index (κ1) is 35.4. The lowest BCUT2D eigenvalue weighted by atomic mass is 10.1. The molecule has 3 heterocycles. The highest BCUT2D eigenvalue weighted by Crippen LogP contribution is 2.68. The highest BCUT2D eigenvalue weighted by Gasteiger charge is 2.85. The second-order valence-corrected chi connectivity index (χ2v) is 15.5. The zero-order valence-corrected chi connectivity index (χ0v) is 28.7. The van der Waals surface area contributed by atoms with Gasteiger partial charge in [0.15, 0.2) is 17.0 Å². The van der Waals surface area contributed by atoms with Gasteiger partial charge in [0.2, 0.25) is 5.95 Å². The van der Waals surface area contributed by atoms with Crippen molar-refractivity contribution in [3.8, 4) is 0 Å². The number of hydrogen-bond donors (Lipinski definition) is 6. The Morgan fingerprint density at radius 1 is 1.11 bits per heavy atom. The van der Waals surface area contributed by atoms with Gasteiger partial charge in [-0.2, -0.15) is 9.97 Å². The van der Waals surface area contributed by atoms with Gasteiger partial charge < -0.3 is 44.6 Å². The van der Waals surface area contributed by atoms with Gasteiger partial charge in [0, 0.05) is 6.04 Å². The fourth-order valence-electron chi connectivity index (χ4n) is 6.43. The molecule has 0 aromatic carbocycles. The fourth-order valence-corrected chi connectivity index (χ4v) is 8.26. The third-order valence-corrected chi connectivity index (χ3v) is 10.8. The minimum atomic E-state index is -4.25. The first-order chi connectivity index (χ1) is 22.1. The minimum Gasteiger partial charge on any atom is -0.468 e. The molecule has 1 saturated heterocycles. The molecule has 1 aliphatic heterocycles. The molecule has 47 heavy (non-hydrogen) atoms. The van der Waals surface area contributed by atoms with Crippen LogP contribution >= 0.6 is 7.67 Å². The number of aromatic nitrogens is 4. The van der Waals surface area contributed by atoms with E-state index >= 15 is 0 Å². The molecule has 0 radical (unpaired) electrons. The van der Waals surface area contributed by atoms with Crippen molar-refractivity contribution in [1.29, 1.82) is 0 Å². The number of nitrogen functional groups attached to an aromatic ring is 1. The van der Waals surface area contributed by atoms with E-state index in [1.54, 1.807) is 11.5 Å². The number of nitrogens with zero attached hydrogens (tertiary/aromatic N) is 4. The number of methoxy groups -OCH3 is 2. The van der Waals surface area contributed by atoms with E-state index in [0.29, 0.717) is 17.0 Å². The van der Waals surface area contributed by atoms with Gasteiger partial charge in [0.05, 0.1) is 27.2 Å². The summed E-state index contributed by atoms with van der Waals surface area (Å²) in [4.78, 5) is 38.4. The minimum absolute atomic E-state index is 0.00536. The van der Waals surface area contributed by atoms with Crippen molar-refractivity contribution in [3.05, 3.63) is 6.33 Å². The second-order valence-electron chi connectivity index (χ2n) is 13.6. The lowest BCUT2D eigenvalue weighted by molar-refractivity contribution is -0.143. The largest absolute Gasteiger partial charge is 0.468 e. The number of fused-ring (bicyclic) bond motifs is 2. The average Bonchev–Trinajstić information content (AvgIpc) is 3.82. The summed E-state index contributed by atoms with van der Waals surface area (Å²) < 4.78 is 38.0. The number of ether oxygens (including phenoxy) is 3. The summed E-state index contributed by atoms with van der Waals surface area (Å²) in [6.45, 7) is 8.70. The maximum Gasteiger partial charge on any atom is 0.342 e. The van der Waals surface area contributed by atoms with Crippen LogP contribution in [0.4, 0.5) is 11.8 Å². The summed E-state index contributed by atoms with van der Waals surface area (Å²) in [7, 11) is -1.82. The highest BCUT2D eigenvalue weighted by atomic mass is 31.2. The third kappa shape index (κ3) is 6.84. The molecular weight excluding hydrogens is 635 g/mol. The molecule has 3 aliphatic rings. The maximum atomic E-state index is 14.4. The summed E-state index contributed by atoms with van der Waals surface area (Å²) in [5.41, 5.74) is 3.74. The number of nitrogens with two attached hydrogens (primary N) is 1. The summed E-state index contributed by atoms with van der Waals surface area (Å²) >= 11 is 0. The smallest absolute Gasteiger partial charge is 0.342 e. The van der Waals surface area contributed by atoms with Crippen LogP contribution in [0.1, 0.15) is 66.3 Å². The van der Waals surface area contributed by atoms with Gasteiger partial charge in [-0.15, -0.1) is 0 Å². The molecule has 5 unspecified atom stereocenters. The fraction of sp³-hybridized carbons (Fsp3) is 0.759. The van der Waals surface area contributed by atoms with Gasteiger partial charge in [-0.1, -0.05) is 27.7 Å². The summed E-state index contributed by atoms with van der Waals surface area (Å²) in [5, 5.41) is 32.0. The van der Waals surface area contributed by atoms with Crippen LogP contribution in [0.25, 0.3) is 11.2 Å². The molecule has 0 spiro atoms. The van der Waals surface area contributed by atoms with Crippen molar-refractivity contribution in [2.24, 2.45) is 11.8 Å². The summed E-state index contributed by atoms with van der Waals surface area (Å²) in [6.07, 6.45) is 1.39. The third-order valence-electron chi connectivity index (χ3n) is 8.94. The van der Waals surface area contributed by atoms with E-state index in [1.807, 2.05) is 27.7 Å². The number of aliphatic hydroxyl groups is 2. The molecule has 0 bridgehead atoms. The lowest BCUT2D eigenvalue weighted by Crippen LogP contribution is -2.46. The summed E-state index contributed by atoms with van der Waals surface area (Å²) in [6, 6.07) is -2.60. The van der Waals surface area contributed by atoms with E-state index < -0.39 is 67.8 Å². The Bertz CT molecular complexity index is 1500. The molecule has 2 aromatic heterocycles. The molecule has 2 aromatic rings. The number of anilines is 2. The number of carbonyl (C=O) groups excluding carboxylic acids is 2. The van der Waals surface area contributed by atoms with Crippen LogP contribution in [0.3, 0.4) is 0 Å². The van der Waals surface area contributed by atoms with Crippen LogP contribution in [0.2, 0.25) is 0 Å². The molecule has 0 amide bonds. The van der Waals surface area contributed by atoms with Gasteiger partial charge in [0.1, 0.15) is 41.5 Å². The van der Waals surface area contributed by atoms with Gasteiger partial charge in [0.25, 0.3) is 0 Å². The topological polar surface area (TPSA) is 234 Å². The molecule has 3 fully saturated rings. The van der Waals surface area contributed by atoms with Crippen LogP contribution in [0, 0.1) is 11.8 Å². The number of esters is 2. The lowest BCUT2D eigenvalue weighted by Gasteiger charge is -2.31. The number of imidazole rings is 1. The molecule has 2 aliphatic carbocycles. The zero-order chi connectivity index (χ0) is 34.5. The van der Waals surface area contributed by atoms with Crippen LogP contribution in [-0.2, 0) is 32.9 Å². The van der Waals surface area contributed by atoms with Crippen molar-refractivity contribution in [1.82, 2.24) is 29.7 Å². The normalized spacial score (nSPS) is 29.4. The van der Waals surface area contributed by atoms with Crippen molar-refractivity contribution >= 4 is 42.5 Å². The second kappa shape index (κ2) is 13.2. The molecule has 7 N–H and O–H groups in total. The molecule has 18 heteroatoms. The van der Waals surface area contributed by atoms with Crippen LogP contribution in [0.15, 0.2) is 6.33 Å². The van der Waals surface area contributed by atoms with Gasteiger partial charge >= 0.3 is 19.6 Å². The number of carbonyl (C=O) groups is 2. The van der Waals surface area contributed by atoms with E-state index in [4.69, 9.17) is 24.5 Å². The Morgan fingerprint density at radius 2 is 1.68 bits per heavy atom. The van der Waals surface area contributed by atoms with Crippen molar-refractivity contribution in [3.63, 3.8) is 0 Å². The van der Waals surface area contributed by atoms with Crippen LogP contribution in [-0.4, -0.2) is 104 Å². The molecule has 5 rings (SSSR count). The summed E-state index contributed by atoms with van der Waals surface area (Å²) in [5.74, 6) is -0.807. The predicted octanol–water partition coefficient (Wildman–Crippen LogP) is 1.27. The number of hydrogen-bond acceptors (Lipinski definition) is 14. The van der Waals surface area contributed by atoms with Crippen molar-refractivity contribution in [2.75, 3.05) is 31.9 Å². The highest BCUT2D eigenvalue weighted by molar-refractivity contribution is 7.54. The first-order valence-electron chi connectivity index (χ1n) is 15.9. The predicted molar refractivity (Wildman–Crippen MR) is 170 cm³/mol. The number of aliphatic hydroxyl groups excluding tert-OH is 1. The number of nitrogens with one attached hydrogen (secondary N) is 3. The SMILES string of the molecule is COC(=O)C(CC(C)C)NP(=O)(NC(CC(C)C)C(=O)OC)OC[C@H]1OC2(C)[C@@H](n3cnc4c(NC5CC5)nc(N)nc43)C2(O)C1O.